The average molecular weight is 285 g/mol. The minimum Gasteiger partial charge on any atom is -0.497 e. The van der Waals surface area contributed by atoms with E-state index in [1.54, 1.807) is 32.4 Å². The molecule has 110 valence electrons. The Hall–Kier alpha value is -2.49. The highest BCUT2D eigenvalue weighted by Crippen LogP contribution is 2.26. The van der Waals surface area contributed by atoms with Crippen LogP contribution in [0.5, 0.6) is 11.5 Å². The van der Waals surface area contributed by atoms with Gasteiger partial charge in [0, 0.05) is 18.2 Å². The van der Waals surface area contributed by atoms with E-state index in [0.717, 1.165) is 5.56 Å². The van der Waals surface area contributed by atoms with E-state index in [4.69, 9.17) is 15.2 Å². The summed E-state index contributed by atoms with van der Waals surface area (Å²) in [6.45, 7) is 0. The van der Waals surface area contributed by atoms with Crippen molar-refractivity contribution < 1.29 is 14.3 Å². The van der Waals surface area contributed by atoms with Gasteiger partial charge in [-0.25, -0.2) is 0 Å². The number of anilines is 1. The maximum atomic E-state index is 12.3. The van der Waals surface area contributed by atoms with Crippen LogP contribution >= 0.6 is 0 Å². The SMILES string of the molecule is COc1ccc(C(=O)CCc2cccc(N)c2)c(OC)c1. The van der Waals surface area contributed by atoms with Crippen molar-refractivity contribution in [2.24, 2.45) is 0 Å². The number of hydrogen-bond donors (Lipinski definition) is 1. The van der Waals surface area contributed by atoms with Crippen LogP contribution in [0.25, 0.3) is 0 Å². The second kappa shape index (κ2) is 6.79. The van der Waals surface area contributed by atoms with Gasteiger partial charge in [-0.2, -0.15) is 0 Å². The summed E-state index contributed by atoms with van der Waals surface area (Å²) in [4.78, 5) is 12.3. The molecule has 0 bridgehead atoms. The Balaban J connectivity index is 2.10. The molecule has 0 aliphatic carbocycles. The molecule has 2 aromatic rings. The molecular weight excluding hydrogens is 266 g/mol. The number of nitrogen functional groups attached to an aromatic ring is 1. The van der Waals surface area contributed by atoms with Crippen LogP contribution in [0.2, 0.25) is 0 Å². The summed E-state index contributed by atoms with van der Waals surface area (Å²) < 4.78 is 10.4. The van der Waals surface area contributed by atoms with Gasteiger partial charge in [0.15, 0.2) is 5.78 Å². The summed E-state index contributed by atoms with van der Waals surface area (Å²) >= 11 is 0. The van der Waals surface area contributed by atoms with Gasteiger partial charge in [-0.3, -0.25) is 4.79 Å². The largest absolute Gasteiger partial charge is 0.497 e. The number of hydrogen-bond acceptors (Lipinski definition) is 4. The number of carbonyl (C=O) groups is 1. The highest BCUT2D eigenvalue weighted by atomic mass is 16.5. The lowest BCUT2D eigenvalue weighted by molar-refractivity contribution is 0.0980. The molecule has 0 spiro atoms. The van der Waals surface area contributed by atoms with Crippen molar-refractivity contribution >= 4 is 11.5 Å². The molecule has 2 N–H and O–H groups in total. The van der Waals surface area contributed by atoms with Gasteiger partial charge < -0.3 is 15.2 Å². The third-order valence-corrected chi connectivity index (χ3v) is 3.30. The van der Waals surface area contributed by atoms with Gasteiger partial charge in [0.2, 0.25) is 0 Å². The Bertz CT molecular complexity index is 638. The van der Waals surface area contributed by atoms with E-state index < -0.39 is 0 Å². The van der Waals surface area contributed by atoms with Crippen molar-refractivity contribution in [2.75, 3.05) is 20.0 Å². The minimum absolute atomic E-state index is 0.0388. The first-order valence-electron chi connectivity index (χ1n) is 6.73. The maximum Gasteiger partial charge on any atom is 0.166 e. The number of benzene rings is 2. The number of aryl methyl sites for hydroxylation is 1. The van der Waals surface area contributed by atoms with Crippen molar-refractivity contribution in [3.05, 3.63) is 53.6 Å². The van der Waals surface area contributed by atoms with Crippen LogP contribution in [0.1, 0.15) is 22.3 Å². The standard InChI is InChI=1S/C17H19NO3/c1-20-14-7-8-15(17(11-14)21-2)16(19)9-6-12-4-3-5-13(18)10-12/h3-5,7-8,10-11H,6,9,18H2,1-2H3. The van der Waals surface area contributed by atoms with Crippen LogP contribution in [0.3, 0.4) is 0 Å². The number of methoxy groups -OCH3 is 2. The monoisotopic (exact) mass is 285 g/mol. The van der Waals surface area contributed by atoms with Crippen LogP contribution in [-0.4, -0.2) is 20.0 Å². The van der Waals surface area contributed by atoms with Gasteiger partial charge in [0.25, 0.3) is 0 Å². The van der Waals surface area contributed by atoms with Crippen LogP contribution in [0.15, 0.2) is 42.5 Å². The third kappa shape index (κ3) is 3.75. The molecule has 0 aromatic heterocycles. The lowest BCUT2D eigenvalue weighted by Gasteiger charge is -2.09. The number of nitrogens with two attached hydrogens (primary N) is 1. The Morgan fingerprint density at radius 1 is 1.10 bits per heavy atom. The Morgan fingerprint density at radius 2 is 1.90 bits per heavy atom. The van der Waals surface area contributed by atoms with E-state index in [9.17, 15) is 4.79 Å². The van der Waals surface area contributed by atoms with Crippen LogP contribution in [-0.2, 0) is 6.42 Å². The summed E-state index contributed by atoms with van der Waals surface area (Å²) in [5.74, 6) is 1.24. The lowest BCUT2D eigenvalue weighted by atomic mass is 10.0. The Labute approximate surface area is 124 Å². The average Bonchev–Trinajstić information content (AvgIpc) is 2.52. The van der Waals surface area contributed by atoms with Gasteiger partial charge >= 0.3 is 0 Å². The molecule has 0 fully saturated rings. The highest BCUT2D eigenvalue weighted by Gasteiger charge is 2.13. The molecule has 0 atom stereocenters. The molecule has 0 aliphatic rings. The minimum atomic E-state index is 0.0388. The number of rotatable bonds is 6. The topological polar surface area (TPSA) is 61.5 Å². The second-order valence-electron chi connectivity index (χ2n) is 4.73. The summed E-state index contributed by atoms with van der Waals surface area (Å²) in [6.07, 6.45) is 1.06. The van der Waals surface area contributed by atoms with Crippen molar-refractivity contribution in [2.45, 2.75) is 12.8 Å². The fourth-order valence-corrected chi connectivity index (χ4v) is 2.17. The molecule has 0 radical (unpaired) electrons. The van der Waals surface area contributed by atoms with Crippen molar-refractivity contribution in [1.29, 1.82) is 0 Å². The smallest absolute Gasteiger partial charge is 0.166 e. The zero-order chi connectivity index (χ0) is 15.2. The summed E-state index contributed by atoms with van der Waals surface area (Å²) in [7, 11) is 3.12. The third-order valence-electron chi connectivity index (χ3n) is 3.30. The zero-order valence-electron chi connectivity index (χ0n) is 12.3. The lowest BCUT2D eigenvalue weighted by Crippen LogP contribution is -2.04. The first kappa shape index (κ1) is 14.9. The van der Waals surface area contributed by atoms with Gasteiger partial charge in [-0.15, -0.1) is 0 Å². The van der Waals surface area contributed by atoms with Crippen LogP contribution in [0, 0.1) is 0 Å². The van der Waals surface area contributed by atoms with Gasteiger partial charge in [-0.05, 0) is 36.2 Å². The fourth-order valence-electron chi connectivity index (χ4n) is 2.17. The van der Waals surface area contributed by atoms with Gasteiger partial charge in [-0.1, -0.05) is 12.1 Å². The molecule has 0 unspecified atom stereocenters. The normalized spacial score (nSPS) is 10.2. The second-order valence-corrected chi connectivity index (χ2v) is 4.73. The van der Waals surface area contributed by atoms with E-state index in [1.807, 2.05) is 24.3 Å². The molecule has 0 saturated heterocycles. The highest BCUT2D eigenvalue weighted by molar-refractivity contribution is 5.99. The first-order valence-corrected chi connectivity index (χ1v) is 6.73. The number of Topliss-reactive ketones (excluding diaryl/α,β-unsaturated/α-hetero) is 1. The van der Waals surface area contributed by atoms with Gasteiger partial charge in [0.1, 0.15) is 11.5 Å². The summed E-state index contributed by atoms with van der Waals surface area (Å²) in [5, 5.41) is 0. The predicted octanol–water partition coefficient (Wildman–Crippen LogP) is 3.10. The van der Waals surface area contributed by atoms with Crippen molar-refractivity contribution in [3.63, 3.8) is 0 Å². The molecule has 2 rings (SSSR count). The number of ether oxygens (including phenoxy) is 2. The molecule has 2 aromatic carbocycles. The molecule has 4 heteroatoms. The van der Waals surface area contributed by atoms with Gasteiger partial charge in [0.05, 0.1) is 19.8 Å². The van der Waals surface area contributed by atoms with E-state index in [2.05, 4.69) is 0 Å². The van der Waals surface area contributed by atoms with E-state index in [-0.39, 0.29) is 5.78 Å². The number of ketones is 1. The van der Waals surface area contributed by atoms with Crippen molar-refractivity contribution in [1.82, 2.24) is 0 Å². The molecule has 21 heavy (non-hydrogen) atoms. The molecule has 4 nitrogen and oxygen atoms in total. The molecule has 0 aliphatic heterocycles. The molecular formula is C17H19NO3. The molecule has 0 heterocycles. The first-order chi connectivity index (χ1) is 10.1. The molecule has 0 saturated carbocycles. The van der Waals surface area contributed by atoms with E-state index in [0.29, 0.717) is 35.6 Å². The van der Waals surface area contributed by atoms with Crippen LogP contribution in [0.4, 0.5) is 5.69 Å². The maximum absolute atomic E-state index is 12.3. The van der Waals surface area contributed by atoms with Crippen LogP contribution < -0.4 is 15.2 Å². The summed E-state index contributed by atoms with van der Waals surface area (Å²) in [5.41, 5.74) is 8.07. The zero-order valence-corrected chi connectivity index (χ0v) is 12.3. The van der Waals surface area contributed by atoms with E-state index in [1.165, 1.54) is 0 Å². The summed E-state index contributed by atoms with van der Waals surface area (Å²) in [6, 6.07) is 12.8. The molecule has 0 amide bonds. The Kier molecular flexibility index (Phi) is 4.82. The fraction of sp³-hybridized carbons (Fsp3) is 0.235. The quantitative estimate of drug-likeness (QED) is 0.654. The predicted molar refractivity (Wildman–Crippen MR) is 83.1 cm³/mol. The Morgan fingerprint density at radius 3 is 2.57 bits per heavy atom. The van der Waals surface area contributed by atoms with Crippen molar-refractivity contribution in [3.8, 4) is 11.5 Å². The number of carbonyl (C=O) groups excluding carboxylic acids is 1. The van der Waals surface area contributed by atoms with E-state index >= 15 is 0 Å².